The standard InChI is InChI=1S/C21H31ClN6S/c1-2-23-21(25-14-16-29-18-11-9-17(22)10-12-18)24-13-6-8-20-27-26-19-7-4-3-5-15-28(19)20/h9-12H,2-8,13-16H2,1H3,(H2,23,24,25). The van der Waals surface area contributed by atoms with Crippen LogP contribution in [0.2, 0.25) is 5.02 Å². The predicted octanol–water partition coefficient (Wildman–Crippen LogP) is 3.94. The van der Waals surface area contributed by atoms with Crippen LogP contribution >= 0.6 is 23.4 Å². The van der Waals surface area contributed by atoms with Crippen molar-refractivity contribution in [1.29, 1.82) is 0 Å². The Kier molecular flexibility index (Phi) is 9.15. The van der Waals surface area contributed by atoms with E-state index in [2.05, 4.69) is 44.5 Å². The quantitative estimate of drug-likeness (QED) is 0.271. The first-order valence-corrected chi connectivity index (χ1v) is 11.9. The van der Waals surface area contributed by atoms with E-state index in [-0.39, 0.29) is 0 Å². The van der Waals surface area contributed by atoms with Crippen molar-refractivity contribution in [2.75, 3.05) is 25.4 Å². The molecule has 0 bridgehead atoms. The fraction of sp³-hybridized carbons (Fsp3) is 0.571. The van der Waals surface area contributed by atoms with Crippen LogP contribution in [0.3, 0.4) is 0 Å². The van der Waals surface area contributed by atoms with E-state index in [9.17, 15) is 0 Å². The maximum absolute atomic E-state index is 5.93. The molecule has 6 nitrogen and oxygen atoms in total. The first-order valence-electron chi connectivity index (χ1n) is 10.6. The monoisotopic (exact) mass is 434 g/mol. The van der Waals surface area contributed by atoms with E-state index in [4.69, 9.17) is 16.6 Å². The van der Waals surface area contributed by atoms with Gasteiger partial charge < -0.3 is 15.2 Å². The SMILES string of the molecule is CCNC(=NCCCc1nnc2n1CCCCC2)NCCSc1ccc(Cl)cc1. The molecule has 0 spiro atoms. The van der Waals surface area contributed by atoms with Crippen molar-refractivity contribution in [2.24, 2.45) is 4.99 Å². The number of nitrogens with zero attached hydrogens (tertiary/aromatic N) is 4. The van der Waals surface area contributed by atoms with Crippen molar-refractivity contribution >= 4 is 29.3 Å². The van der Waals surface area contributed by atoms with Gasteiger partial charge in [0.2, 0.25) is 0 Å². The molecule has 0 atom stereocenters. The van der Waals surface area contributed by atoms with E-state index in [1.807, 2.05) is 23.9 Å². The maximum atomic E-state index is 5.93. The second kappa shape index (κ2) is 12.1. The molecule has 0 saturated heterocycles. The number of thioether (sulfide) groups is 1. The summed E-state index contributed by atoms with van der Waals surface area (Å²) in [6, 6.07) is 7.96. The molecule has 3 rings (SSSR count). The number of guanidine groups is 1. The van der Waals surface area contributed by atoms with E-state index in [0.717, 1.165) is 73.8 Å². The molecule has 0 aliphatic carbocycles. The van der Waals surface area contributed by atoms with Gasteiger partial charge in [-0.1, -0.05) is 18.0 Å². The summed E-state index contributed by atoms with van der Waals surface area (Å²) in [4.78, 5) is 5.94. The van der Waals surface area contributed by atoms with E-state index in [0.29, 0.717) is 0 Å². The zero-order valence-corrected chi connectivity index (χ0v) is 18.7. The second-order valence-corrected chi connectivity index (χ2v) is 8.69. The second-order valence-electron chi connectivity index (χ2n) is 7.09. The molecule has 2 N–H and O–H groups in total. The molecule has 1 aliphatic heterocycles. The third-order valence-electron chi connectivity index (χ3n) is 4.84. The third kappa shape index (κ3) is 7.23. The number of aliphatic imine (C=N–C) groups is 1. The Hall–Kier alpha value is -1.73. The summed E-state index contributed by atoms with van der Waals surface area (Å²) in [5, 5.41) is 16.3. The number of nitrogens with one attached hydrogen (secondary N) is 2. The van der Waals surface area contributed by atoms with Crippen LogP contribution < -0.4 is 10.6 Å². The topological polar surface area (TPSA) is 67.1 Å². The van der Waals surface area contributed by atoms with Gasteiger partial charge in [-0.15, -0.1) is 22.0 Å². The molecular formula is C21H31ClN6S. The van der Waals surface area contributed by atoms with Gasteiger partial charge in [0.25, 0.3) is 0 Å². The zero-order valence-electron chi connectivity index (χ0n) is 17.2. The zero-order chi connectivity index (χ0) is 20.3. The Morgan fingerprint density at radius 3 is 2.86 bits per heavy atom. The minimum Gasteiger partial charge on any atom is -0.357 e. The number of aromatic nitrogens is 3. The van der Waals surface area contributed by atoms with Gasteiger partial charge in [0.15, 0.2) is 5.96 Å². The Morgan fingerprint density at radius 1 is 1.17 bits per heavy atom. The van der Waals surface area contributed by atoms with E-state index < -0.39 is 0 Å². The molecule has 0 radical (unpaired) electrons. The van der Waals surface area contributed by atoms with Crippen LogP contribution in [-0.2, 0) is 19.4 Å². The molecule has 0 amide bonds. The molecule has 0 saturated carbocycles. The lowest BCUT2D eigenvalue weighted by molar-refractivity contribution is 0.597. The van der Waals surface area contributed by atoms with Gasteiger partial charge in [-0.25, -0.2) is 0 Å². The fourth-order valence-electron chi connectivity index (χ4n) is 3.37. The Labute approximate surface area is 182 Å². The smallest absolute Gasteiger partial charge is 0.191 e. The van der Waals surface area contributed by atoms with Gasteiger partial charge in [0.05, 0.1) is 0 Å². The minimum absolute atomic E-state index is 0.774. The molecule has 0 fully saturated rings. The van der Waals surface area contributed by atoms with Crippen LogP contribution in [0, 0.1) is 0 Å². The number of rotatable bonds is 9. The van der Waals surface area contributed by atoms with Gasteiger partial charge in [-0.05, 0) is 50.5 Å². The molecule has 0 unspecified atom stereocenters. The summed E-state index contributed by atoms with van der Waals surface area (Å²) in [5.74, 6) is 4.13. The van der Waals surface area contributed by atoms with Crippen molar-refractivity contribution in [2.45, 2.75) is 56.9 Å². The number of hydrogen-bond acceptors (Lipinski definition) is 4. The van der Waals surface area contributed by atoms with Crippen LogP contribution in [0.5, 0.6) is 0 Å². The number of fused-ring (bicyclic) bond motifs is 1. The Bertz CT molecular complexity index is 774. The van der Waals surface area contributed by atoms with Crippen molar-refractivity contribution < 1.29 is 0 Å². The highest BCUT2D eigenvalue weighted by Gasteiger charge is 2.14. The summed E-state index contributed by atoms with van der Waals surface area (Å²) in [6.45, 7) is 5.65. The highest BCUT2D eigenvalue weighted by atomic mass is 35.5. The molecular weight excluding hydrogens is 404 g/mol. The van der Waals surface area contributed by atoms with Crippen molar-refractivity contribution in [1.82, 2.24) is 25.4 Å². The van der Waals surface area contributed by atoms with Crippen LogP contribution in [0.1, 0.15) is 44.3 Å². The van der Waals surface area contributed by atoms with Gasteiger partial charge in [-0.3, -0.25) is 4.99 Å². The molecule has 2 heterocycles. The molecule has 1 aromatic carbocycles. The van der Waals surface area contributed by atoms with Crippen molar-refractivity contribution in [3.05, 3.63) is 40.9 Å². The summed E-state index contributed by atoms with van der Waals surface area (Å²) in [7, 11) is 0. The van der Waals surface area contributed by atoms with Crippen LogP contribution in [0.25, 0.3) is 0 Å². The number of halogens is 1. The lowest BCUT2D eigenvalue weighted by atomic mass is 10.2. The number of aryl methyl sites for hydroxylation is 2. The Morgan fingerprint density at radius 2 is 2.03 bits per heavy atom. The number of benzene rings is 1. The molecule has 1 aromatic heterocycles. The molecule has 8 heteroatoms. The first-order chi connectivity index (χ1) is 14.3. The van der Waals surface area contributed by atoms with Gasteiger partial charge in [0.1, 0.15) is 11.6 Å². The fourth-order valence-corrected chi connectivity index (χ4v) is 4.26. The van der Waals surface area contributed by atoms with Crippen LogP contribution in [-0.4, -0.2) is 46.1 Å². The molecule has 29 heavy (non-hydrogen) atoms. The van der Waals surface area contributed by atoms with E-state index in [1.165, 1.54) is 24.2 Å². The van der Waals surface area contributed by atoms with Crippen LogP contribution in [0.4, 0.5) is 0 Å². The lowest BCUT2D eigenvalue weighted by Gasteiger charge is -2.11. The first kappa shape index (κ1) is 22.0. The minimum atomic E-state index is 0.774. The molecule has 1 aliphatic rings. The Balaban J connectivity index is 1.39. The van der Waals surface area contributed by atoms with E-state index in [1.54, 1.807) is 0 Å². The average molecular weight is 435 g/mol. The highest BCUT2D eigenvalue weighted by molar-refractivity contribution is 7.99. The van der Waals surface area contributed by atoms with Gasteiger partial charge in [-0.2, -0.15) is 0 Å². The lowest BCUT2D eigenvalue weighted by Crippen LogP contribution is -2.38. The summed E-state index contributed by atoms with van der Waals surface area (Å²) < 4.78 is 2.33. The molecule has 2 aromatic rings. The highest BCUT2D eigenvalue weighted by Crippen LogP contribution is 2.19. The van der Waals surface area contributed by atoms with Crippen molar-refractivity contribution in [3.8, 4) is 0 Å². The number of hydrogen-bond donors (Lipinski definition) is 2. The van der Waals surface area contributed by atoms with Gasteiger partial charge >= 0.3 is 0 Å². The average Bonchev–Trinajstić information content (AvgIpc) is 2.95. The summed E-state index contributed by atoms with van der Waals surface area (Å²) >= 11 is 7.74. The summed E-state index contributed by atoms with van der Waals surface area (Å²) in [5.41, 5.74) is 0. The van der Waals surface area contributed by atoms with Crippen molar-refractivity contribution in [3.63, 3.8) is 0 Å². The van der Waals surface area contributed by atoms with Crippen LogP contribution in [0.15, 0.2) is 34.2 Å². The predicted molar refractivity (Wildman–Crippen MR) is 122 cm³/mol. The largest absolute Gasteiger partial charge is 0.357 e. The third-order valence-corrected chi connectivity index (χ3v) is 6.10. The van der Waals surface area contributed by atoms with Gasteiger partial charge in [0, 0.05) is 54.7 Å². The normalized spacial score (nSPS) is 14.3. The van der Waals surface area contributed by atoms with E-state index >= 15 is 0 Å². The summed E-state index contributed by atoms with van der Waals surface area (Å²) in [6.07, 6.45) is 6.74. The maximum Gasteiger partial charge on any atom is 0.191 e. The molecule has 158 valence electrons.